The van der Waals surface area contributed by atoms with E-state index < -0.39 is 0 Å². The van der Waals surface area contributed by atoms with Crippen LogP contribution in [0.1, 0.15) is 12.0 Å². The highest BCUT2D eigenvalue weighted by atomic mass is 16.6. The maximum absolute atomic E-state index is 10.8. The van der Waals surface area contributed by atoms with Gasteiger partial charge in [0.15, 0.2) is 0 Å². The molecule has 132 valence electrons. The van der Waals surface area contributed by atoms with Crippen LogP contribution in [0.4, 0.5) is 11.4 Å². The Morgan fingerprint density at radius 3 is 2.92 bits per heavy atom. The Balaban J connectivity index is 1.49. The van der Waals surface area contributed by atoms with E-state index in [1.807, 2.05) is 18.2 Å². The zero-order valence-corrected chi connectivity index (χ0v) is 14.4. The molecule has 1 atom stereocenters. The molecule has 1 heterocycles. The van der Waals surface area contributed by atoms with Gasteiger partial charge < -0.3 is 15.0 Å². The first-order valence-electron chi connectivity index (χ1n) is 8.49. The van der Waals surface area contributed by atoms with E-state index in [-0.39, 0.29) is 10.6 Å². The average Bonchev–Trinajstić information content (AvgIpc) is 3.11. The first-order chi connectivity index (χ1) is 12.2. The second-order valence-electron chi connectivity index (χ2n) is 6.36. The number of nitrogens with one attached hydrogen (secondary N) is 1. The Bertz CT molecular complexity index is 735. The smallest absolute Gasteiger partial charge is 0.269 e. The maximum atomic E-state index is 10.8. The molecular weight excluding hydrogens is 318 g/mol. The van der Waals surface area contributed by atoms with Gasteiger partial charge in [-0.1, -0.05) is 18.2 Å². The van der Waals surface area contributed by atoms with Crippen LogP contribution in [0.3, 0.4) is 0 Å². The van der Waals surface area contributed by atoms with Crippen LogP contribution in [0.15, 0.2) is 48.5 Å². The van der Waals surface area contributed by atoms with Gasteiger partial charge in [0.1, 0.15) is 5.75 Å². The average molecular weight is 341 g/mol. The van der Waals surface area contributed by atoms with Crippen LogP contribution in [-0.2, 0) is 6.54 Å². The monoisotopic (exact) mass is 341 g/mol. The van der Waals surface area contributed by atoms with Gasteiger partial charge in [-0.05, 0) is 30.0 Å². The fraction of sp³-hybridized carbons (Fsp3) is 0.368. The molecule has 0 saturated carbocycles. The zero-order chi connectivity index (χ0) is 17.6. The molecule has 0 aromatic heterocycles. The van der Waals surface area contributed by atoms with Crippen molar-refractivity contribution < 1.29 is 9.66 Å². The van der Waals surface area contributed by atoms with Gasteiger partial charge in [-0.15, -0.1) is 0 Å². The summed E-state index contributed by atoms with van der Waals surface area (Å²) in [4.78, 5) is 12.8. The topological polar surface area (TPSA) is 67.6 Å². The molecular formula is C19H23N3O3. The first kappa shape index (κ1) is 17.2. The summed E-state index contributed by atoms with van der Waals surface area (Å²) >= 11 is 0. The van der Waals surface area contributed by atoms with Crippen LogP contribution in [0.25, 0.3) is 0 Å². The Hall–Kier alpha value is -2.60. The van der Waals surface area contributed by atoms with E-state index in [4.69, 9.17) is 4.74 Å². The molecule has 0 aliphatic carbocycles. The lowest BCUT2D eigenvalue weighted by molar-refractivity contribution is -0.384. The molecule has 6 nitrogen and oxygen atoms in total. The van der Waals surface area contributed by atoms with Gasteiger partial charge in [0.2, 0.25) is 0 Å². The summed E-state index contributed by atoms with van der Waals surface area (Å²) in [5.41, 5.74) is 2.28. The number of methoxy groups -OCH3 is 1. The van der Waals surface area contributed by atoms with Crippen molar-refractivity contribution in [1.29, 1.82) is 0 Å². The van der Waals surface area contributed by atoms with Gasteiger partial charge in [-0.2, -0.15) is 0 Å². The summed E-state index contributed by atoms with van der Waals surface area (Å²) in [7, 11) is 1.68. The summed E-state index contributed by atoms with van der Waals surface area (Å²) in [6.45, 7) is 3.60. The molecule has 0 bridgehead atoms. The van der Waals surface area contributed by atoms with E-state index in [2.05, 4.69) is 22.3 Å². The normalized spacial score (nSPS) is 16.8. The molecule has 25 heavy (non-hydrogen) atoms. The Morgan fingerprint density at radius 2 is 2.12 bits per heavy atom. The Kier molecular flexibility index (Phi) is 5.50. The fourth-order valence-electron chi connectivity index (χ4n) is 3.24. The lowest BCUT2D eigenvalue weighted by Gasteiger charge is -2.19. The molecule has 1 N–H and O–H groups in total. The number of nitrogens with zero attached hydrogens (tertiary/aromatic N) is 2. The SMILES string of the molecule is COc1cccc(N2CC[C@H](CNCc3cccc([N+](=O)[O-])c3)C2)c1. The summed E-state index contributed by atoms with van der Waals surface area (Å²) in [6.07, 6.45) is 1.14. The zero-order valence-electron chi connectivity index (χ0n) is 14.4. The molecule has 0 radical (unpaired) electrons. The van der Waals surface area contributed by atoms with Crippen LogP contribution in [0, 0.1) is 16.0 Å². The molecule has 6 heteroatoms. The number of nitro groups is 1. The minimum Gasteiger partial charge on any atom is -0.497 e. The third-order valence-electron chi connectivity index (χ3n) is 4.59. The molecule has 1 aliphatic rings. The highest BCUT2D eigenvalue weighted by molar-refractivity contribution is 5.51. The third kappa shape index (κ3) is 4.48. The van der Waals surface area contributed by atoms with Gasteiger partial charge in [-0.25, -0.2) is 0 Å². The van der Waals surface area contributed by atoms with Crippen molar-refractivity contribution in [2.45, 2.75) is 13.0 Å². The van der Waals surface area contributed by atoms with E-state index in [1.165, 1.54) is 11.8 Å². The van der Waals surface area contributed by atoms with Crippen LogP contribution < -0.4 is 15.0 Å². The first-order valence-corrected chi connectivity index (χ1v) is 8.49. The van der Waals surface area contributed by atoms with Gasteiger partial charge in [0, 0.05) is 50.1 Å². The minimum absolute atomic E-state index is 0.143. The van der Waals surface area contributed by atoms with Gasteiger partial charge in [-0.3, -0.25) is 10.1 Å². The second kappa shape index (κ2) is 7.98. The van der Waals surface area contributed by atoms with Crippen molar-refractivity contribution in [2.75, 3.05) is 31.6 Å². The van der Waals surface area contributed by atoms with E-state index in [0.29, 0.717) is 12.5 Å². The number of hydrogen-bond acceptors (Lipinski definition) is 5. The van der Waals surface area contributed by atoms with Crippen molar-refractivity contribution in [2.24, 2.45) is 5.92 Å². The molecule has 1 aliphatic heterocycles. The van der Waals surface area contributed by atoms with Crippen LogP contribution in [-0.4, -0.2) is 31.7 Å². The van der Waals surface area contributed by atoms with E-state index in [9.17, 15) is 10.1 Å². The van der Waals surface area contributed by atoms with E-state index in [0.717, 1.165) is 37.4 Å². The fourth-order valence-corrected chi connectivity index (χ4v) is 3.24. The number of non-ortho nitro benzene ring substituents is 1. The molecule has 3 rings (SSSR count). The van der Waals surface area contributed by atoms with Gasteiger partial charge in [0.05, 0.1) is 12.0 Å². The maximum Gasteiger partial charge on any atom is 0.269 e. The molecule has 1 saturated heterocycles. The number of benzene rings is 2. The van der Waals surface area contributed by atoms with Crippen LogP contribution in [0.5, 0.6) is 5.75 Å². The van der Waals surface area contributed by atoms with Gasteiger partial charge in [0.25, 0.3) is 5.69 Å². The van der Waals surface area contributed by atoms with Crippen molar-refractivity contribution >= 4 is 11.4 Å². The highest BCUT2D eigenvalue weighted by Gasteiger charge is 2.22. The molecule has 2 aromatic rings. The van der Waals surface area contributed by atoms with Crippen molar-refractivity contribution in [3.8, 4) is 5.75 Å². The van der Waals surface area contributed by atoms with Crippen molar-refractivity contribution in [3.05, 3.63) is 64.2 Å². The molecule has 0 amide bonds. The molecule has 0 spiro atoms. The number of ether oxygens (including phenoxy) is 1. The Labute approximate surface area is 147 Å². The lowest BCUT2D eigenvalue weighted by Crippen LogP contribution is -2.26. The van der Waals surface area contributed by atoms with E-state index in [1.54, 1.807) is 19.2 Å². The van der Waals surface area contributed by atoms with Crippen molar-refractivity contribution in [1.82, 2.24) is 5.32 Å². The van der Waals surface area contributed by atoms with Crippen molar-refractivity contribution in [3.63, 3.8) is 0 Å². The number of anilines is 1. The number of rotatable bonds is 7. The summed E-state index contributed by atoms with van der Waals surface area (Å²) in [5.74, 6) is 1.45. The largest absolute Gasteiger partial charge is 0.497 e. The molecule has 0 unspecified atom stereocenters. The standard InChI is InChI=1S/C19H23N3O3/c1-25-19-7-3-5-17(11-19)21-9-8-16(14-21)13-20-12-15-4-2-6-18(10-15)22(23)24/h2-7,10-11,16,20H,8-9,12-14H2,1H3/t16-/m1/s1. The minimum atomic E-state index is -0.355. The van der Waals surface area contributed by atoms with E-state index >= 15 is 0 Å². The van der Waals surface area contributed by atoms with Crippen LogP contribution >= 0.6 is 0 Å². The molecule has 1 fully saturated rings. The number of hydrogen-bond donors (Lipinski definition) is 1. The van der Waals surface area contributed by atoms with Crippen LogP contribution in [0.2, 0.25) is 0 Å². The lowest BCUT2D eigenvalue weighted by atomic mass is 10.1. The Morgan fingerprint density at radius 1 is 1.28 bits per heavy atom. The quantitative estimate of drug-likeness (QED) is 0.619. The second-order valence-corrected chi connectivity index (χ2v) is 6.36. The predicted molar refractivity (Wildman–Crippen MR) is 98.1 cm³/mol. The third-order valence-corrected chi connectivity index (χ3v) is 4.59. The summed E-state index contributed by atoms with van der Waals surface area (Å²) < 4.78 is 5.29. The summed E-state index contributed by atoms with van der Waals surface area (Å²) in [6, 6.07) is 14.9. The van der Waals surface area contributed by atoms with Gasteiger partial charge >= 0.3 is 0 Å². The number of nitro benzene ring substituents is 1. The molecule has 2 aromatic carbocycles. The predicted octanol–water partition coefficient (Wildman–Crippen LogP) is 3.22. The highest BCUT2D eigenvalue weighted by Crippen LogP contribution is 2.26. The summed E-state index contributed by atoms with van der Waals surface area (Å²) in [5, 5.41) is 14.3.